The molecule has 0 aliphatic carbocycles. The van der Waals surface area contributed by atoms with Crippen LogP contribution in [-0.2, 0) is 11.2 Å². The molecular formula is C19H25FN6O2. The van der Waals surface area contributed by atoms with Crippen molar-refractivity contribution >= 4 is 29.0 Å². The predicted octanol–water partition coefficient (Wildman–Crippen LogP) is 1.58. The van der Waals surface area contributed by atoms with Crippen LogP contribution in [0.5, 0.6) is 0 Å². The summed E-state index contributed by atoms with van der Waals surface area (Å²) in [6, 6.07) is 6.30. The number of aliphatic hydroxyl groups is 1. The van der Waals surface area contributed by atoms with Crippen LogP contribution >= 0.6 is 0 Å². The van der Waals surface area contributed by atoms with Gasteiger partial charge in [0.15, 0.2) is 0 Å². The number of nitrogens with zero attached hydrogens (tertiary/aromatic N) is 3. The number of carbonyl (C=O) groups excluding carboxylic acids is 1. The summed E-state index contributed by atoms with van der Waals surface area (Å²) in [4.78, 5) is 22.6. The highest BCUT2D eigenvalue weighted by atomic mass is 19.1. The van der Waals surface area contributed by atoms with Gasteiger partial charge in [0.2, 0.25) is 11.9 Å². The number of aryl methyl sites for hydroxylation is 1. The van der Waals surface area contributed by atoms with Gasteiger partial charge in [-0.1, -0.05) is 13.3 Å². The summed E-state index contributed by atoms with van der Waals surface area (Å²) < 4.78 is 13.4. The molecule has 1 fully saturated rings. The van der Waals surface area contributed by atoms with Gasteiger partial charge in [-0.25, -0.2) is 9.37 Å². The van der Waals surface area contributed by atoms with E-state index in [2.05, 4.69) is 32.4 Å². The highest BCUT2D eigenvalue weighted by Gasteiger charge is 2.25. The van der Waals surface area contributed by atoms with Crippen molar-refractivity contribution in [2.24, 2.45) is 0 Å². The number of aromatic nitrogens is 2. The van der Waals surface area contributed by atoms with Crippen LogP contribution in [0.15, 0.2) is 24.3 Å². The third-order valence-electron chi connectivity index (χ3n) is 4.54. The van der Waals surface area contributed by atoms with Crippen molar-refractivity contribution in [1.82, 2.24) is 15.3 Å². The van der Waals surface area contributed by atoms with Crippen molar-refractivity contribution in [2.45, 2.75) is 32.2 Å². The monoisotopic (exact) mass is 388 g/mol. The van der Waals surface area contributed by atoms with Crippen LogP contribution in [0.2, 0.25) is 0 Å². The standard InChI is InChI=1S/C19H25FN6O2/c1-2-3-12-9-17(26-7-6-14(10-26)22-18(28)11-27)25-19(23-12)24-13-4-5-15(20)16(21)8-13/h4-5,8-9,14,27H,2-3,6-7,10-11,21H2,1H3,(H,22,28)(H,23,24,25)/t14-/m0/s1. The molecule has 5 N–H and O–H groups in total. The summed E-state index contributed by atoms with van der Waals surface area (Å²) in [6.45, 7) is 2.91. The van der Waals surface area contributed by atoms with Gasteiger partial charge in [-0.3, -0.25) is 4.79 Å². The minimum absolute atomic E-state index is 0.0300. The van der Waals surface area contributed by atoms with Gasteiger partial charge in [0.05, 0.1) is 5.69 Å². The molecule has 0 bridgehead atoms. The number of benzene rings is 1. The molecule has 8 nitrogen and oxygen atoms in total. The Hall–Kier alpha value is -2.94. The SMILES string of the molecule is CCCc1cc(N2CC[C@H](NC(=O)CO)C2)nc(Nc2ccc(F)c(N)c2)n1. The minimum Gasteiger partial charge on any atom is -0.396 e. The molecule has 2 aromatic rings. The average Bonchev–Trinajstić information content (AvgIpc) is 3.13. The van der Waals surface area contributed by atoms with Crippen molar-refractivity contribution in [3.63, 3.8) is 0 Å². The average molecular weight is 388 g/mol. The fourth-order valence-corrected chi connectivity index (χ4v) is 3.20. The Morgan fingerprint density at radius 2 is 2.21 bits per heavy atom. The molecule has 0 spiro atoms. The van der Waals surface area contributed by atoms with E-state index in [9.17, 15) is 9.18 Å². The van der Waals surface area contributed by atoms with E-state index in [-0.39, 0.29) is 17.6 Å². The van der Waals surface area contributed by atoms with E-state index in [1.807, 2.05) is 6.07 Å². The van der Waals surface area contributed by atoms with Crippen LogP contribution in [-0.4, -0.2) is 46.7 Å². The second-order valence-electron chi connectivity index (χ2n) is 6.81. The van der Waals surface area contributed by atoms with E-state index >= 15 is 0 Å². The van der Waals surface area contributed by atoms with Crippen molar-refractivity contribution in [3.8, 4) is 0 Å². The molecular weight excluding hydrogens is 363 g/mol. The summed E-state index contributed by atoms with van der Waals surface area (Å²) in [5, 5.41) is 14.8. The number of rotatable bonds is 7. The molecule has 2 heterocycles. The first-order chi connectivity index (χ1) is 13.5. The molecule has 150 valence electrons. The Morgan fingerprint density at radius 3 is 2.93 bits per heavy atom. The second-order valence-corrected chi connectivity index (χ2v) is 6.81. The first kappa shape index (κ1) is 19.8. The zero-order valence-electron chi connectivity index (χ0n) is 15.8. The fourth-order valence-electron chi connectivity index (χ4n) is 3.20. The number of hydrogen-bond acceptors (Lipinski definition) is 7. The number of aliphatic hydroxyl groups excluding tert-OH is 1. The maximum atomic E-state index is 13.4. The second kappa shape index (κ2) is 8.83. The van der Waals surface area contributed by atoms with E-state index in [0.29, 0.717) is 18.2 Å². The van der Waals surface area contributed by atoms with Gasteiger partial charge in [0.1, 0.15) is 18.2 Å². The lowest BCUT2D eigenvalue weighted by Gasteiger charge is -2.19. The van der Waals surface area contributed by atoms with Gasteiger partial charge >= 0.3 is 0 Å². The Morgan fingerprint density at radius 1 is 1.39 bits per heavy atom. The Labute approximate surface area is 163 Å². The molecule has 28 heavy (non-hydrogen) atoms. The van der Waals surface area contributed by atoms with Crippen LogP contribution < -0.4 is 21.3 Å². The number of carbonyl (C=O) groups is 1. The van der Waals surface area contributed by atoms with E-state index in [4.69, 9.17) is 10.8 Å². The molecule has 1 saturated heterocycles. The summed E-state index contributed by atoms with van der Waals surface area (Å²) in [6.07, 6.45) is 2.51. The number of nitrogens with one attached hydrogen (secondary N) is 2. The number of nitrogen functional groups attached to an aromatic ring is 1. The Bertz CT molecular complexity index is 847. The Kier molecular flexibility index (Phi) is 6.25. The van der Waals surface area contributed by atoms with Gasteiger partial charge in [-0.2, -0.15) is 4.98 Å². The molecule has 3 rings (SSSR count). The van der Waals surface area contributed by atoms with Crippen LogP contribution in [0.3, 0.4) is 0 Å². The van der Waals surface area contributed by atoms with Gasteiger partial charge in [-0.05, 0) is 31.0 Å². The van der Waals surface area contributed by atoms with Crippen molar-refractivity contribution < 1.29 is 14.3 Å². The topological polar surface area (TPSA) is 116 Å². The van der Waals surface area contributed by atoms with Gasteiger partial charge in [-0.15, -0.1) is 0 Å². The molecule has 1 aromatic carbocycles. The quantitative estimate of drug-likeness (QED) is 0.532. The first-order valence-corrected chi connectivity index (χ1v) is 9.33. The number of nitrogens with two attached hydrogens (primary N) is 1. The maximum Gasteiger partial charge on any atom is 0.245 e. The number of anilines is 4. The molecule has 9 heteroatoms. The molecule has 1 amide bonds. The summed E-state index contributed by atoms with van der Waals surface area (Å²) >= 11 is 0. The first-order valence-electron chi connectivity index (χ1n) is 9.33. The largest absolute Gasteiger partial charge is 0.396 e. The van der Waals surface area contributed by atoms with E-state index < -0.39 is 12.4 Å². The molecule has 0 saturated carbocycles. The molecule has 1 aliphatic rings. The van der Waals surface area contributed by atoms with Crippen LogP contribution in [0, 0.1) is 5.82 Å². The molecule has 1 aliphatic heterocycles. The van der Waals surface area contributed by atoms with Crippen molar-refractivity contribution in [1.29, 1.82) is 0 Å². The third-order valence-corrected chi connectivity index (χ3v) is 4.54. The van der Waals surface area contributed by atoms with Gasteiger partial charge < -0.3 is 26.4 Å². The van der Waals surface area contributed by atoms with E-state index in [0.717, 1.165) is 37.3 Å². The van der Waals surface area contributed by atoms with Crippen LogP contribution in [0.1, 0.15) is 25.5 Å². The summed E-state index contributed by atoms with van der Waals surface area (Å²) in [5.74, 6) is 0.323. The lowest BCUT2D eigenvalue weighted by molar-refractivity contribution is -0.124. The van der Waals surface area contributed by atoms with Crippen LogP contribution in [0.25, 0.3) is 0 Å². The minimum atomic E-state index is -0.514. The third kappa shape index (κ3) is 4.86. The Balaban J connectivity index is 1.79. The lowest BCUT2D eigenvalue weighted by atomic mass is 10.2. The highest BCUT2D eigenvalue weighted by Crippen LogP contribution is 2.24. The molecule has 0 radical (unpaired) electrons. The summed E-state index contributed by atoms with van der Waals surface area (Å²) in [5.41, 5.74) is 7.19. The normalized spacial score (nSPS) is 16.2. The molecule has 1 aromatic heterocycles. The molecule has 1 atom stereocenters. The maximum absolute atomic E-state index is 13.4. The van der Waals surface area contributed by atoms with Crippen LogP contribution in [0.4, 0.5) is 27.5 Å². The van der Waals surface area contributed by atoms with Crippen molar-refractivity contribution in [3.05, 3.63) is 35.8 Å². The molecule has 0 unspecified atom stereocenters. The predicted molar refractivity (Wildman–Crippen MR) is 106 cm³/mol. The number of halogens is 1. The fraction of sp³-hybridized carbons (Fsp3) is 0.421. The van der Waals surface area contributed by atoms with Crippen molar-refractivity contribution in [2.75, 3.05) is 35.6 Å². The van der Waals surface area contributed by atoms with E-state index in [1.54, 1.807) is 6.07 Å². The number of hydrogen-bond donors (Lipinski definition) is 4. The highest BCUT2D eigenvalue weighted by molar-refractivity contribution is 5.77. The van der Waals surface area contributed by atoms with Gasteiger partial charge in [0, 0.05) is 36.6 Å². The van der Waals surface area contributed by atoms with Gasteiger partial charge in [0.25, 0.3) is 0 Å². The smallest absolute Gasteiger partial charge is 0.245 e. The zero-order valence-corrected chi connectivity index (χ0v) is 15.8. The summed E-state index contributed by atoms with van der Waals surface area (Å²) in [7, 11) is 0. The number of amides is 1. The zero-order chi connectivity index (χ0) is 20.1. The van der Waals surface area contributed by atoms with E-state index in [1.165, 1.54) is 12.1 Å². The lowest BCUT2D eigenvalue weighted by Crippen LogP contribution is -2.38.